The molecule has 1 radical (unpaired) electrons. The summed E-state index contributed by atoms with van der Waals surface area (Å²) in [5.41, 5.74) is 0. The molecule has 0 saturated carbocycles. The molecule has 0 heterocycles. The van der Waals surface area contributed by atoms with E-state index >= 15 is 0 Å². The number of hydrogen-bond donors (Lipinski definition) is 0. The SMILES string of the molecule is O=[C]OC(F)(F)C(F)(F)CF. The molecule has 0 N–H and O–H groups in total. The Kier molecular flexibility index (Phi) is 2.77. The number of ether oxygens (including phenoxy) is 1. The zero-order valence-electron chi connectivity index (χ0n) is 4.91. The van der Waals surface area contributed by atoms with Crippen molar-refractivity contribution in [3.63, 3.8) is 0 Å². The monoisotopic (exact) mass is 177 g/mol. The van der Waals surface area contributed by atoms with E-state index in [0.29, 0.717) is 0 Å². The Morgan fingerprint density at radius 2 is 1.73 bits per heavy atom. The average molecular weight is 177 g/mol. The van der Waals surface area contributed by atoms with Crippen molar-refractivity contribution in [1.82, 2.24) is 0 Å². The van der Waals surface area contributed by atoms with Gasteiger partial charge in [0.1, 0.15) is 0 Å². The van der Waals surface area contributed by atoms with Gasteiger partial charge in [-0.05, 0) is 0 Å². The van der Waals surface area contributed by atoms with Gasteiger partial charge in [0.05, 0.1) is 0 Å². The minimum atomic E-state index is -5.14. The van der Waals surface area contributed by atoms with E-state index < -0.39 is 18.7 Å². The smallest absolute Gasteiger partial charge is 0.387 e. The zero-order chi connectivity index (χ0) is 9.12. The van der Waals surface area contributed by atoms with Crippen molar-refractivity contribution in [3.8, 4) is 0 Å². The van der Waals surface area contributed by atoms with Crippen molar-refractivity contribution < 1.29 is 31.5 Å². The number of halogens is 5. The zero-order valence-corrected chi connectivity index (χ0v) is 4.91. The molecule has 0 fully saturated rings. The predicted octanol–water partition coefficient (Wildman–Crippen LogP) is 1.27. The lowest BCUT2D eigenvalue weighted by Crippen LogP contribution is -2.44. The van der Waals surface area contributed by atoms with Gasteiger partial charge in [-0.3, -0.25) is 0 Å². The molecule has 11 heavy (non-hydrogen) atoms. The molecule has 0 aliphatic carbocycles. The fourth-order valence-electron chi connectivity index (χ4n) is 0.205. The molecule has 0 aromatic heterocycles. The highest BCUT2D eigenvalue weighted by molar-refractivity contribution is 5.39. The summed E-state index contributed by atoms with van der Waals surface area (Å²) in [6.07, 6.45) is -5.14. The Hall–Kier alpha value is -0.880. The maximum atomic E-state index is 11.7. The largest absolute Gasteiger partial charge is 0.469 e. The number of hydrogen-bond acceptors (Lipinski definition) is 2. The minimum Gasteiger partial charge on any atom is -0.387 e. The second-order valence-corrected chi connectivity index (χ2v) is 1.54. The van der Waals surface area contributed by atoms with E-state index in [0.717, 1.165) is 0 Å². The van der Waals surface area contributed by atoms with Crippen LogP contribution in [0.25, 0.3) is 0 Å². The summed E-state index contributed by atoms with van der Waals surface area (Å²) in [5.74, 6) is -5.00. The third kappa shape index (κ3) is 2.02. The van der Waals surface area contributed by atoms with Crippen molar-refractivity contribution in [2.75, 3.05) is 6.67 Å². The molecule has 0 spiro atoms. The standard InChI is InChI=1S/C4H2F5O2/c5-1-3(6,7)4(8,9)11-2-10/h1H2. The summed E-state index contributed by atoms with van der Waals surface area (Å²) in [4.78, 5) is 9.10. The van der Waals surface area contributed by atoms with E-state index in [1.807, 2.05) is 0 Å². The number of alkyl halides is 5. The van der Waals surface area contributed by atoms with Crippen LogP contribution in [-0.4, -0.2) is 25.2 Å². The Bertz CT molecular complexity index is 145. The lowest BCUT2D eigenvalue weighted by molar-refractivity contribution is -0.318. The van der Waals surface area contributed by atoms with Gasteiger partial charge in [-0.15, -0.1) is 0 Å². The quantitative estimate of drug-likeness (QED) is 0.604. The molecule has 0 amide bonds. The second kappa shape index (κ2) is 3.02. The Morgan fingerprint density at radius 1 is 1.27 bits per heavy atom. The van der Waals surface area contributed by atoms with Crippen LogP contribution < -0.4 is 0 Å². The third-order valence-electron chi connectivity index (χ3n) is 0.763. The van der Waals surface area contributed by atoms with Gasteiger partial charge in [-0.1, -0.05) is 0 Å². The molecular weight excluding hydrogens is 175 g/mol. The van der Waals surface area contributed by atoms with Gasteiger partial charge < -0.3 is 4.74 Å². The van der Waals surface area contributed by atoms with Crippen LogP contribution in [0.5, 0.6) is 0 Å². The average Bonchev–Trinajstić information content (AvgIpc) is 1.87. The maximum absolute atomic E-state index is 11.7. The molecule has 0 rings (SSSR count). The van der Waals surface area contributed by atoms with Crippen LogP contribution in [0.3, 0.4) is 0 Å². The first-order valence-electron chi connectivity index (χ1n) is 2.24. The van der Waals surface area contributed by atoms with E-state index in [9.17, 15) is 22.0 Å². The molecule has 65 valence electrons. The summed E-state index contributed by atoms with van der Waals surface area (Å²) >= 11 is 0. The Labute approximate surface area is 57.9 Å². The highest BCUT2D eigenvalue weighted by Crippen LogP contribution is 2.34. The first-order valence-corrected chi connectivity index (χ1v) is 2.24. The van der Waals surface area contributed by atoms with Crippen molar-refractivity contribution >= 4 is 6.47 Å². The van der Waals surface area contributed by atoms with Gasteiger partial charge in [0.2, 0.25) is 0 Å². The number of carbonyl (C=O) groups excluding carboxylic acids is 1. The summed E-state index contributed by atoms with van der Waals surface area (Å²) in [6, 6.07) is 0. The molecule has 0 aliphatic rings. The van der Waals surface area contributed by atoms with Gasteiger partial charge in [-0.2, -0.15) is 17.6 Å². The van der Waals surface area contributed by atoms with Gasteiger partial charge >= 0.3 is 18.5 Å². The molecule has 7 heteroatoms. The Morgan fingerprint density at radius 3 is 2.00 bits per heavy atom. The molecule has 0 saturated heterocycles. The Balaban J connectivity index is 4.38. The van der Waals surface area contributed by atoms with E-state index in [1.165, 1.54) is 0 Å². The molecule has 0 bridgehead atoms. The fourth-order valence-corrected chi connectivity index (χ4v) is 0.205. The second-order valence-electron chi connectivity index (χ2n) is 1.54. The van der Waals surface area contributed by atoms with Crippen LogP contribution >= 0.6 is 0 Å². The highest BCUT2D eigenvalue weighted by atomic mass is 19.3. The highest BCUT2D eigenvalue weighted by Gasteiger charge is 2.59. The van der Waals surface area contributed by atoms with Crippen molar-refractivity contribution in [2.24, 2.45) is 0 Å². The van der Waals surface area contributed by atoms with Crippen molar-refractivity contribution in [3.05, 3.63) is 0 Å². The molecule has 0 aliphatic heterocycles. The molecular formula is C4H2F5O2. The van der Waals surface area contributed by atoms with E-state index in [1.54, 1.807) is 0 Å². The van der Waals surface area contributed by atoms with Gasteiger partial charge in [0, 0.05) is 0 Å². The predicted molar refractivity (Wildman–Crippen MR) is 22.6 cm³/mol. The topological polar surface area (TPSA) is 26.3 Å². The van der Waals surface area contributed by atoms with Gasteiger partial charge in [-0.25, -0.2) is 9.18 Å². The van der Waals surface area contributed by atoms with E-state index in [2.05, 4.69) is 4.74 Å². The lowest BCUT2D eigenvalue weighted by Gasteiger charge is -2.20. The lowest BCUT2D eigenvalue weighted by atomic mass is 10.3. The van der Waals surface area contributed by atoms with Gasteiger partial charge in [0.25, 0.3) is 0 Å². The third-order valence-corrected chi connectivity index (χ3v) is 0.763. The fraction of sp³-hybridized carbons (Fsp3) is 0.750. The van der Waals surface area contributed by atoms with Crippen LogP contribution in [0.15, 0.2) is 0 Å². The molecule has 0 unspecified atom stereocenters. The van der Waals surface area contributed by atoms with Crippen LogP contribution in [0.1, 0.15) is 0 Å². The van der Waals surface area contributed by atoms with Crippen molar-refractivity contribution in [1.29, 1.82) is 0 Å². The maximum Gasteiger partial charge on any atom is 0.469 e. The molecule has 0 atom stereocenters. The molecule has 0 aromatic rings. The van der Waals surface area contributed by atoms with Gasteiger partial charge in [0.15, 0.2) is 6.67 Å². The normalized spacial score (nSPS) is 12.8. The van der Waals surface area contributed by atoms with Crippen molar-refractivity contribution in [2.45, 2.75) is 12.0 Å². The first-order chi connectivity index (χ1) is 4.87. The molecule has 2 nitrogen and oxygen atoms in total. The van der Waals surface area contributed by atoms with E-state index in [-0.39, 0.29) is 6.47 Å². The van der Waals surface area contributed by atoms with Crippen LogP contribution in [0.2, 0.25) is 0 Å². The number of rotatable bonds is 4. The molecule has 0 aromatic carbocycles. The van der Waals surface area contributed by atoms with Crippen LogP contribution in [0.4, 0.5) is 22.0 Å². The summed E-state index contributed by atoms with van der Waals surface area (Å²) in [7, 11) is 0. The minimum absolute atomic E-state index is 0.102. The van der Waals surface area contributed by atoms with Crippen LogP contribution in [0, 0.1) is 0 Å². The first kappa shape index (κ1) is 10.1. The van der Waals surface area contributed by atoms with Crippen LogP contribution in [-0.2, 0) is 9.53 Å². The van der Waals surface area contributed by atoms with E-state index in [4.69, 9.17) is 4.79 Å². The summed E-state index contributed by atoms with van der Waals surface area (Å²) in [6.45, 7) is -2.51. The summed E-state index contributed by atoms with van der Waals surface area (Å²) < 4.78 is 60.5. The summed E-state index contributed by atoms with van der Waals surface area (Å²) in [5, 5.41) is 0.